The van der Waals surface area contributed by atoms with E-state index >= 15 is 0 Å². The van der Waals surface area contributed by atoms with Crippen molar-refractivity contribution in [2.75, 3.05) is 19.6 Å². The fourth-order valence-electron chi connectivity index (χ4n) is 3.22. The van der Waals surface area contributed by atoms with Gasteiger partial charge in [-0.25, -0.2) is 0 Å². The molecule has 1 heterocycles. The summed E-state index contributed by atoms with van der Waals surface area (Å²) in [7, 11) is 0. The van der Waals surface area contributed by atoms with Gasteiger partial charge in [0.25, 0.3) is 0 Å². The zero-order chi connectivity index (χ0) is 17.5. The largest absolute Gasteiger partial charge is 0.303 e. The van der Waals surface area contributed by atoms with E-state index in [4.69, 9.17) is 6.42 Å². The first-order valence-corrected chi connectivity index (χ1v) is 10.4. The normalized spacial score (nSPS) is 14.9. The van der Waals surface area contributed by atoms with E-state index < -0.39 is 0 Å². The first-order chi connectivity index (χ1) is 11.8. The van der Waals surface area contributed by atoms with Crippen molar-refractivity contribution in [3.8, 4) is 12.3 Å². The van der Waals surface area contributed by atoms with Crippen LogP contribution in [0.4, 0.5) is 0 Å². The van der Waals surface area contributed by atoms with Gasteiger partial charge in [0, 0.05) is 25.8 Å². The molecule has 0 spiro atoms. The van der Waals surface area contributed by atoms with Gasteiger partial charge in [0.05, 0.1) is 0 Å². The Balaban J connectivity index is 2.24. The fourth-order valence-corrected chi connectivity index (χ4v) is 3.22. The van der Waals surface area contributed by atoms with E-state index in [0.29, 0.717) is 0 Å². The van der Waals surface area contributed by atoms with E-state index in [1.165, 1.54) is 77.3 Å². The second-order valence-electron chi connectivity index (χ2n) is 7.31. The van der Waals surface area contributed by atoms with Crippen LogP contribution in [0.2, 0.25) is 0 Å². The van der Waals surface area contributed by atoms with Gasteiger partial charge in [-0.05, 0) is 25.9 Å². The van der Waals surface area contributed by atoms with Crippen molar-refractivity contribution in [3.63, 3.8) is 0 Å². The first kappa shape index (κ1) is 21.2. The summed E-state index contributed by atoms with van der Waals surface area (Å²) in [6, 6.07) is 0. The van der Waals surface area contributed by atoms with E-state index in [2.05, 4.69) is 34.9 Å². The van der Waals surface area contributed by atoms with Gasteiger partial charge in [0.2, 0.25) is 0 Å². The van der Waals surface area contributed by atoms with E-state index in [-0.39, 0.29) is 5.66 Å². The highest BCUT2D eigenvalue weighted by atomic mass is 15.4. The molecule has 0 saturated heterocycles. The van der Waals surface area contributed by atoms with Crippen molar-refractivity contribution < 1.29 is 0 Å². The molecule has 3 heteroatoms. The van der Waals surface area contributed by atoms with Crippen molar-refractivity contribution in [2.45, 2.75) is 103 Å². The maximum absolute atomic E-state index is 5.39. The third-order valence-electron chi connectivity index (χ3n) is 5.04. The average Bonchev–Trinajstić information content (AvgIpc) is 3.37. The summed E-state index contributed by atoms with van der Waals surface area (Å²) < 4.78 is 0. The van der Waals surface area contributed by atoms with Crippen LogP contribution < -0.4 is 0 Å². The van der Waals surface area contributed by atoms with Crippen LogP contribution in [0.3, 0.4) is 0 Å². The second kappa shape index (κ2) is 13.4. The number of hydrogen-bond donors (Lipinski definition) is 0. The SMILES string of the molecule is C#CCCC1(CCN(CCCCCCC)CCCCCCC)N=N1. The fraction of sp³-hybridized carbons (Fsp3) is 0.905. The minimum atomic E-state index is -0.116. The van der Waals surface area contributed by atoms with Gasteiger partial charge < -0.3 is 4.90 Å². The highest BCUT2D eigenvalue weighted by Gasteiger charge is 2.38. The molecule has 0 aromatic heterocycles. The summed E-state index contributed by atoms with van der Waals surface area (Å²) >= 11 is 0. The Morgan fingerprint density at radius 3 is 1.75 bits per heavy atom. The first-order valence-electron chi connectivity index (χ1n) is 10.4. The number of rotatable bonds is 17. The molecule has 0 saturated carbocycles. The average molecular weight is 334 g/mol. The summed E-state index contributed by atoms with van der Waals surface area (Å²) in [6.45, 7) is 8.16. The third-order valence-corrected chi connectivity index (χ3v) is 5.04. The van der Waals surface area contributed by atoms with Crippen LogP contribution in [-0.4, -0.2) is 30.2 Å². The molecule has 1 aliphatic rings. The van der Waals surface area contributed by atoms with E-state index in [0.717, 1.165) is 25.8 Å². The van der Waals surface area contributed by atoms with Gasteiger partial charge in [-0.2, -0.15) is 10.2 Å². The topological polar surface area (TPSA) is 28.0 Å². The van der Waals surface area contributed by atoms with Crippen molar-refractivity contribution in [3.05, 3.63) is 0 Å². The van der Waals surface area contributed by atoms with Crippen LogP contribution in [0.5, 0.6) is 0 Å². The number of nitrogens with zero attached hydrogens (tertiary/aromatic N) is 3. The number of unbranched alkanes of at least 4 members (excludes halogenated alkanes) is 8. The molecule has 0 N–H and O–H groups in total. The maximum atomic E-state index is 5.39. The molecule has 0 aromatic carbocycles. The molecule has 0 fully saturated rings. The van der Waals surface area contributed by atoms with E-state index in [1.54, 1.807) is 0 Å². The smallest absolute Gasteiger partial charge is 0.193 e. The summed E-state index contributed by atoms with van der Waals surface area (Å²) in [4.78, 5) is 2.65. The minimum Gasteiger partial charge on any atom is -0.303 e. The lowest BCUT2D eigenvalue weighted by atomic mass is 10.0. The Morgan fingerprint density at radius 1 is 0.750 bits per heavy atom. The Morgan fingerprint density at radius 2 is 1.29 bits per heavy atom. The summed E-state index contributed by atoms with van der Waals surface area (Å²) in [5.41, 5.74) is -0.116. The van der Waals surface area contributed by atoms with Crippen LogP contribution in [0, 0.1) is 12.3 Å². The minimum absolute atomic E-state index is 0.116. The molecule has 138 valence electrons. The second-order valence-corrected chi connectivity index (χ2v) is 7.31. The highest BCUT2D eigenvalue weighted by Crippen LogP contribution is 2.36. The molecular formula is C21H39N3. The predicted octanol–water partition coefficient (Wildman–Crippen LogP) is 6.19. The van der Waals surface area contributed by atoms with Crippen molar-refractivity contribution >= 4 is 0 Å². The summed E-state index contributed by atoms with van der Waals surface area (Å²) in [5.74, 6) is 2.73. The molecule has 0 aromatic rings. The molecule has 0 unspecified atom stereocenters. The lowest BCUT2D eigenvalue weighted by molar-refractivity contribution is 0.243. The lowest BCUT2D eigenvalue weighted by Gasteiger charge is -2.23. The van der Waals surface area contributed by atoms with E-state index in [9.17, 15) is 0 Å². The Kier molecular flexibility index (Phi) is 11.8. The molecule has 1 rings (SSSR count). The Labute approximate surface area is 150 Å². The van der Waals surface area contributed by atoms with Crippen molar-refractivity contribution in [1.29, 1.82) is 0 Å². The van der Waals surface area contributed by atoms with Crippen LogP contribution in [0.25, 0.3) is 0 Å². The van der Waals surface area contributed by atoms with Crippen molar-refractivity contribution in [1.82, 2.24) is 4.90 Å². The van der Waals surface area contributed by atoms with Gasteiger partial charge in [-0.1, -0.05) is 65.2 Å². The van der Waals surface area contributed by atoms with Gasteiger partial charge >= 0.3 is 0 Å². The Bertz CT molecular complexity index is 350. The molecule has 0 radical (unpaired) electrons. The van der Waals surface area contributed by atoms with E-state index in [1.807, 2.05) is 0 Å². The van der Waals surface area contributed by atoms with Crippen LogP contribution in [0.15, 0.2) is 10.2 Å². The van der Waals surface area contributed by atoms with Gasteiger partial charge in [0.15, 0.2) is 5.66 Å². The monoisotopic (exact) mass is 333 g/mol. The molecule has 24 heavy (non-hydrogen) atoms. The molecule has 0 aliphatic carbocycles. The summed E-state index contributed by atoms with van der Waals surface area (Å²) in [6.07, 6.45) is 21.8. The standard InChI is InChI=1S/C21H39N3/c1-4-7-10-12-14-18-24(19-15-13-11-8-5-2)20-17-21(22-23-21)16-9-6-3/h3H,4-5,7-20H2,1-2H3. The molecule has 1 aliphatic heterocycles. The highest BCUT2D eigenvalue weighted by molar-refractivity contribution is 4.98. The zero-order valence-corrected chi connectivity index (χ0v) is 16.2. The molecule has 0 bridgehead atoms. The van der Waals surface area contributed by atoms with Crippen LogP contribution >= 0.6 is 0 Å². The maximum Gasteiger partial charge on any atom is 0.193 e. The molecular weight excluding hydrogens is 294 g/mol. The number of hydrogen-bond acceptors (Lipinski definition) is 3. The molecule has 3 nitrogen and oxygen atoms in total. The van der Waals surface area contributed by atoms with Gasteiger partial charge in [0.1, 0.15) is 0 Å². The van der Waals surface area contributed by atoms with Crippen LogP contribution in [-0.2, 0) is 0 Å². The molecule has 0 atom stereocenters. The van der Waals surface area contributed by atoms with Crippen molar-refractivity contribution in [2.24, 2.45) is 10.2 Å². The summed E-state index contributed by atoms with van der Waals surface area (Å²) in [5, 5.41) is 8.58. The third kappa shape index (κ3) is 10.1. The molecule has 0 amide bonds. The van der Waals surface area contributed by atoms with Gasteiger partial charge in [-0.3, -0.25) is 0 Å². The number of terminal acetylenes is 1. The quantitative estimate of drug-likeness (QED) is 0.230. The Hall–Kier alpha value is -0.880. The predicted molar refractivity (Wildman–Crippen MR) is 104 cm³/mol. The lowest BCUT2D eigenvalue weighted by Crippen LogP contribution is -2.30. The van der Waals surface area contributed by atoms with Crippen LogP contribution in [0.1, 0.15) is 97.3 Å². The van der Waals surface area contributed by atoms with Gasteiger partial charge in [-0.15, -0.1) is 12.3 Å². The zero-order valence-electron chi connectivity index (χ0n) is 16.2.